The molecule has 0 aliphatic carbocycles. The van der Waals surface area contributed by atoms with Gasteiger partial charge in [-0.2, -0.15) is 0 Å². The molecule has 0 aliphatic rings. The SMILES string of the molecule is CCOc1ccc(C(F)(F)CC(C)(C)C(=O)O)c(Br)c1. The third-order valence-corrected chi connectivity index (χ3v) is 3.54. The van der Waals surface area contributed by atoms with Crippen LogP contribution in [-0.4, -0.2) is 17.7 Å². The van der Waals surface area contributed by atoms with E-state index < -0.39 is 23.7 Å². The van der Waals surface area contributed by atoms with Crippen LogP contribution < -0.4 is 4.74 Å². The molecule has 0 atom stereocenters. The van der Waals surface area contributed by atoms with E-state index in [0.717, 1.165) is 0 Å². The normalized spacial score (nSPS) is 12.3. The van der Waals surface area contributed by atoms with Crippen molar-refractivity contribution in [3.63, 3.8) is 0 Å². The second-order valence-electron chi connectivity index (χ2n) is 5.14. The zero-order valence-corrected chi connectivity index (χ0v) is 13.1. The average Bonchev–Trinajstić information content (AvgIpc) is 2.27. The zero-order valence-electron chi connectivity index (χ0n) is 11.5. The minimum Gasteiger partial charge on any atom is -0.494 e. The fourth-order valence-corrected chi connectivity index (χ4v) is 2.42. The van der Waals surface area contributed by atoms with Gasteiger partial charge in [0, 0.05) is 16.5 Å². The van der Waals surface area contributed by atoms with Gasteiger partial charge in [-0.3, -0.25) is 4.79 Å². The summed E-state index contributed by atoms with van der Waals surface area (Å²) in [7, 11) is 0. The van der Waals surface area contributed by atoms with Crippen LogP contribution in [0.5, 0.6) is 5.75 Å². The number of hydrogen-bond acceptors (Lipinski definition) is 2. The second kappa shape index (κ2) is 6.08. The predicted octanol–water partition coefficient (Wildman–Crippen LogP) is 4.44. The summed E-state index contributed by atoms with van der Waals surface area (Å²) in [6.45, 7) is 4.80. The first-order valence-corrected chi connectivity index (χ1v) is 6.93. The molecule has 20 heavy (non-hydrogen) atoms. The summed E-state index contributed by atoms with van der Waals surface area (Å²) in [5.74, 6) is -4.01. The Bertz CT molecular complexity index is 501. The minimum atomic E-state index is -3.24. The first kappa shape index (κ1) is 16.9. The number of ether oxygens (including phenoxy) is 1. The Morgan fingerprint density at radius 3 is 2.45 bits per heavy atom. The molecule has 0 aliphatic heterocycles. The molecular formula is C14H17BrF2O3. The number of rotatable bonds is 6. The van der Waals surface area contributed by atoms with Gasteiger partial charge < -0.3 is 9.84 Å². The maximum absolute atomic E-state index is 14.3. The summed E-state index contributed by atoms with van der Waals surface area (Å²) in [4.78, 5) is 11.0. The van der Waals surface area contributed by atoms with Gasteiger partial charge in [0.05, 0.1) is 12.0 Å². The van der Waals surface area contributed by atoms with Crippen LogP contribution in [0, 0.1) is 5.41 Å². The molecule has 0 spiro atoms. The smallest absolute Gasteiger partial charge is 0.309 e. The largest absolute Gasteiger partial charge is 0.494 e. The first-order valence-electron chi connectivity index (χ1n) is 6.14. The van der Waals surface area contributed by atoms with E-state index in [9.17, 15) is 13.6 Å². The molecule has 0 amide bonds. The van der Waals surface area contributed by atoms with E-state index in [0.29, 0.717) is 12.4 Å². The molecule has 0 bridgehead atoms. The maximum atomic E-state index is 14.3. The van der Waals surface area contributed by atoms with Gasteiger partial charge in [0.15, 0.2) is 0 Å². The lowest BCUT2D eigenvalue weighted by Crippen LogP contribution is -2.31. The Balaban J connectivity index is 3.06. The molecule has 0 saturated carbocycles. The molecule has 0 saturated heterocycles. The molecule has 0 heterocycles. The molecule has 1 aromatic carbocycles. The van der Waals surface area contributed by atoms with Gasteiger partial charge in [-0.05, 0) is 39.0 Å². The van der Waals surface area contributed by atoms with Crippen molar-refractivity contribution in [1.29, 1.82) is 0 Å². The minimum absolute atomic E-state index is 0.203. The van der Waals surface area contributed by atoms with Crippen LogP contribution in [0.4, 0.5) is 8.78 Å². The van der Waals surface area contributed by atoms with E-state index >= 15 is 0 Å². The first-order chi connectivity index (χ1) is 9.10. The maximum Gasteiger partial charge on any atom is 0.309 e. The van der Waals surface area contributed by atoms with Gasteiger partial charge in [-0.15, -0.1) is 0 Å². The molecule has 0 fully saturated rings. The van der Waals surface area contributed by atoms with Crippen LogP contribution in [0.3, 0.4) is 0 Å². The van der Waals surface area contributed by atoms with Crippen molar-refractivity contribution >= 4 is 21.9 Å². The molecule has 0 aromatic heterocycles. The van der Waals surface area contributed by atoms with Gasteiger partial charge in [0.2, 0.25) is 0 Å². The van der Waals surface area contributed by atoms with Crippen molar-refractivity contribution < 1.29 is 23.4 Å². The monoisotopic (exact) mass is 350 g/mol. The fourth-order valence-electron chi connectivity index (χ4n) is 1.77. The highest BCUT2D eigenvalue weighted by molar-refractivity contribution is 9.10. The summed E-state index contributed by atoms with van der Waals surface area (Å²) >= 11 is 3.09. The summed E-state index contributed by atoms with van der Waals surface area (Å²) in [5, 5.41) is 8.97. The number of carbonyl (C=O) groups is 1. The van der Waals surface area contributed by atoms with Crippen molar-refractivity contribution in [3.05, 3.63) is 28.2 Å². The Kier molecular flexibility index (Phi) is 5.13. The van der Waals surface area contributed by atoms with Crippen LogP contribution in [-0.2, 0) is 10.7 Å². The van der Waals surface area contributed by atoms with Gasteiger partial charge in [-0.25, -0.2) is 8.78 Å². The molecule has 1 aromatic rings. The van der Waals surface area contributed by atoms with E-state index in [4.69, 9.17) is 9.84 Å². The Morgan fingerprint density at radius 1 is 1.40 bits per heavy atom. The predicted molar refractivity (Wildman–Crippen MR) is 75.2 cm³/mol. The van der Waals surface area contributed by atoms with Gasteiger partial charge in [0.25, 0.3) is 5.92 Å². The fraction of sp³-hybridized carbons (Fsp3) is 0.500. The Hall–Kier alpha value is -1.17. The second-order valence-corrected chi connectivity index (χ2v) is 6.00. The standard InChI is InChI=1S/C14H17BrF2O3/c1-4-20-9-5-6-10(11(15)7-9)14(16,17)8-13(2,3)12(18)19/h5-7H,4,8H2,1-3H3,(H,18,19). The van der Waals surface area contributed by atoms with Crippen LogP contribution in [0.1, 0.15) is 32.8 Å². The highest BCUT2D eigenvalue weighted by Crippen LogP contribution is 2.43. The molecule has 1 rings (SSSR count). The molecule has 3 nitrogen and oxygen atoms in total. The third-order valence-electron chi connectivity index (χ3n) is 2.89. The lowest BCUT2D eigenvalue weighted by Gasteiger charge is -2.26. The third kappa shape index (κ3) is 3.91. The topological polar surface area (TPSA) is 46.5 Å². The number of benzene rings is 1. The van der Waals surface area contributed by atoms with Gasteiger partial charge >= 0.3 is 5.97 Å². The van der Waals surface area contributed by atoms with Gasteiger partial charge in [-0.1, -0.05) is 15.9 Å². The van der Waals surface area contributed by atoms with Crippen molar-refractivity contribution in [2.24, 2.45) is 5.41 Å². The highest BCUT2D eigenvalue weighted by Gasteiger charge is 2.43. The quantitative estimate of drug-likeness (QED) is 0.824. The lowest BCUT2D eigenvalue weighted by atomic mass is 9.84. The number of alkyl halides is 2. The number of carboxylic acids is 1. The highest BCUT2D eigenvalue weighted by atomic mass is 79.9. The summed E-state index contributed by atoms with van der Waals surface area (Å²) in [6, 6.07) is 4.17. The van der Waals surface area contributed by atoms with E-state index in [2.05, 4.69) is 15.9 Å². The van der Waals surface area contributed by atoms with Crippen LogP contribution in [0.25, 0.3) is 0 Å². The van der Waals surface area contributed by atoms with Crippen molar-refractivity contribution in [2.75, 3.05) is 6.61 Å². The molecular weight excluding hydrogens is 334 g/mol. The molecule has 1 N–H and O–H groups in total. The van der Waals surface area contributed by atoms with Crippen molar-refractivity contribution in [3.8, 4) is 5.75 Å². The molecule has 112 valence electrons. The lowest BCUT2D eigenvalue weighted by molar-refractivity contribution is -0.153. The van der Waals surface area contributed by atoms with Crippen LogP contribution in [0.15, 0.2) is 22.7 Å². The van der Waals surface area contributed by atoms with E-state index in [1.807, 2.05) is 0 Å². The van der Waals surface area contributed by atoms with Crippen molar-refractivity contribution in [2.45, 2.75) is 33.1 Å². The summed E-state index contributed by atoms with van der Waals surface area (Å²) < 4.78 is 33.9. The Morgan fingerprint density at radius 2 is 2.00 bits per heavy atom. The van der Waals surface area contributed by atoms with Gasteiger partial charge in [0.1, 0.15) is 5.75 Å². The molecule has 0 unspecified atom stereocenters. The number of halogens is 3. The Labute approximate surface area is 125 Å². The van der Waals surface area contributed by atoms with E-state index in [1.54, 1.807) is 6.92 Å². The number of aliphatic carboxylic acids is 1. The molecule has 6 heteroatoms. The summed E-state index contributed by atoms with van der Waals surface area (Å²) in [5.41, 5.74) is -1.75. The van der Waals surface area contributed by atoms with Crippen molar-refractivity contribution in [1.82, 2.24) is 0 Å². The number of hydrogen-bond donors (Lipinski definition) is 1. The number of carboxylic acid groups (broad SMARTS) is 1. The van der Waals surface area contributed by atoms with E-state index in [-0.39, 0.29) is 10.0 Å². The van der Waals surface area contributed by atoms with E-state index in [1.165, 1.54) is 32.0 Å². The average molecular weight is 351 g/mol. The summed E-state index contributed by atoms with van der Waals surface area (Å²) in [6.07, 6.45) is -0.776. The van der Waals surface area contributed by atoms with Crippen LogP contribution in [0.2, 0.25) is 0 Å². The molecule has 0 radical (unpaired) electrons. The zero-order chi connectivity index (χ0) is 15.6. The van der Waals surface area contributed by atoms with Crippen LogP contribution >= 0.6 is 15.9 Å².